The summed E-state index contributed by atoms with van der Waals surface area (Å²) in [6, 6.07) is 7.89. The number of aromatic nitrogens is 2. The van der Waals surface area contributed by atoms with Crippen LogP contribution in [0.3, 0.4) is 0 Å². The number of anilines is 1. The normalized spacial score (nSPS) is 10.6. The first-order valence-corrected chi connectivity index (χ1v) is 6.82. The number of nitrogens with two attached hydrogens (primary N) is 1. The molecule has 2 aromatic rings. The molecule has 1 aromatic carbocycles. The highest BCUT2D eigenvalue weighted by Crippen LogP contribution is 2.24. The largest absolute Gasteiger partial charge is 0.497 e. The van der Waals surface area contributed by atoms with E-state index in [2.05, 4.69) is 17.3 Å². The molecule has 0 aliphatic rings. The van der Waals surface area contributed by atoms with Crippen molar-refractivity contribution in [1.82, 2.24) is 9.78 Å². The highest BCUT2D eigenvalue weighted by atomic mass is 16.5. The van der Waals surface area contributed by atoms with Crippen molar-refractivity contribution in [3.63, 3.8) is 0 Å². The third-order valence-corrected chi connectivity index (χ3v) is 3.27. The molecule has 20 heavy (non-hydrogen) atoms. The van der Waals surface area contributed by atoms with Crippen LogP contribution in [0.25, 0.3) is 5.69 Å². The van der Waals surface area contributed by atoms with Crippen LogP contribution in [-0.4, -0.2) is 30.0 Å². The third-order valence-electron chi connectivity index (χ3n) is 3.27. The average Bonchev–Trinajstić information content (AvgIpc) is 2.75. The molecule has 0 aliphatic carbocycles. The second-order valence-electron chi connectivity index (χ2n) is 4.73. The van der Waals surface area contributed by atoms with Crippen LogP contribution in [0.15, 0.2) is 24.3 Å². The highest BCUT2D eigenvalue weighted by molar-refractivity contribution is 5.55. The lowest BCUT2D eigenvalue weighted by molar-refractivity contribution is 0.414. The molecule has 3 N–H and O–H groups in total. The molecule has 1 aromatic heterocycles. The fraction of sp³-hybridized carbons (Fsp3) is 0.400. The molecule has 0 unspecified atom stereocenters. The Labute approximate surface area is 119 Å². The van der Waals surface area contributed by atoms with E-state index in [1.807, 2.05) is 35.9 Å². The number of aryl methyl sites for hydroxylation is 1. The van der Waals surface area contributed by atoms with Gasteiger partial charge in [0, 0.05) is 12.6 Å². The van der Waals surface area contributed by atoms with E-state index in [-0.39, 0.29) is 0 Å². The first kappa shape index (κ1) is 14.4. The standard InChI is InChI=1S/C15H22N4O/c1-11-15(17-9-5-8-16)12(2)19(18-11)13-6-4-7-14(10-13)20-3/h4,6-7,10,17H,5,8-9,16H2,1-3H3. The first-order chi connectivity index (χ1) is 9.67. The number of nitrogens with one attached hydrogen (secondary N) is 1. The smallest absolute Gasteiger partial charge is 0.121 e. The van der Waals surface area contributed by atoms with Gasteiger partial charge in [-0.05, 0) is 38.9 Å². The second kappa shape index (κ2) is 6.43. The van der Waals surface area contributed by atoms with Gasteiger partial charge in [0.05, 0.1) is 29.9 Å². The van der Waals surface area contributed by atoms with Gasteiger partial charge in [0.25, 0.3) is 0 Å². The van der Waals surface area contributed by atoms with Gasteiger partial charge in [-0.2, -0.15) is 5.10 Å². The Morgan fingerprint density at radius 1 is 1.35 bits per heavy atom. The molecule has 108 valence electrons. The summed E-state index contributed by atoms with van der Waals surface area (Å²) in [7, 11) is 1.67. The summed E-state index contributed by atoms with van der Waals surface area (Å²) < 4.78 is 7.20. The predicted molar refractivity (Wildman–Crippen MR) is 81.8 cm³/mol. The minimum atomic E-state index is 0.690. The Morgan fingerprint density at radius 3 is 2.85 bits per heavy atom. The zero-order valence-corrected chi connectivity index (χ0v) is 12.3. The van der Waals surface area contributed by atoms with Gasteiger partial charge in [0.15, 0.2) is 0 Å². The van der Waals surface area contributed by atoms with Gasteiger partial charge in [-0.1, -0.05) is 6.07 Å². The number of hydrogen-bond donors (Lipinski definition) is 2. The topological polar surface area (TPSA) is 65.1 Å². The van der Waals surface area contributed by atoms with Crippen molar-refractivity contribution in [2.45, 2.75) is 20.3 Å². The van der Waals surface area contributed by atoms with E-state index in [1.54, 1.807) is 7.11 Å². The molecule has 0 atom stereocenters. The van der Waals surface area contributed by atoms with E-state index in [1.165, 1.54) is 0 Å². The molecule has 5 heteroatoms. The molecule has 0 amide bonds. The molecule has 0 spiro atoms. The summed E-state index contributed by atoms with van der Waals surface area (Å²) in [5, 5.41) is 8.01. The van der Waals surface area contributed by atoms with Crippen LogP contribution >= 0.6 is 0 Å². The van der Waals surface area contributed by atoms with E-state index in [9.17, 15) is 0 Å². The van der Waals surface area contributed by atoms with Crippen molar-refractivity contribution in [3.8, 4) is 11.4 Å². The molecule has 1 heterocycles. The molecule has 0 saturated heterocycles. The van der Waals surface area contributed by atoms with Crippen LogP contribution in [-0.2, 0) is 0 Å². The van der Waals surface area contributed by atoms with Crippen LogP contribution < -0.4 is 15.8 Å². The van der Waals surface area contributed by atoms with E-state index < -0.39 is 0 Å². The minimum Gasteiger partial charge on any atom is -0.497 e. The van der Waals surface area contributed by atoms with E-state index in [4.69, 9.17) is 10.5 Å². The van der Waals surface area contributed by atoms with Gasteiger partial charge in [-0.25, -0.2) is 4.68 Å². The van der Waals surface area contributed by atoms with Crippen LogP contribution in [0.2, 0.25) is 0 Å². The third kappa shape index (κ3) is 2.93. The van der Waals surface area contributed by atoms with Gasteiger partial charge in [-0.3, -0.25) is 0 Å². The van der Waals surface area contributed by atoms with Gasteiger partial charge in [-0.15, -0.1) is 0 Å². The summed E-state index contributed by atoms with van der Waals surface area (Å²) >= 11 is 0. The molecular formula is C15H22N4O. The minimum absolute atomic E-state index is 0.690. The van der Waals surface area contributed by atoms with Gasteiger partial charge in [0.2, 0.25) is 0 Å². The summed E-state index contributed by atoms with van der Waals surface area (Å²) in [5.41, 5.74) is 9.68. The lowest BCUT2D eigenvalue weighted by atomic mass is 10.2. The van der Waals surface area contributed by atoms with Crippen LogP contribution in [0.5, 0.6) is 5.75 Å². The first-order valence-electron chi connectivity index (χ1n) is 6.82. The molecule has 0 radical (unpaired) electrons. The van der Waals surface area contributed by atoms with Crippen molar-refractivity contribution >= 4 is 5.69 Å². The summed E-state index contributed by atoms with van der Waals surface area (Å²) in [5.74, 6) is 0.827. The van der Waals surface area contributed by atoms with E-state index >= 15 is 0 Å². The SMILES string of the molecule is COc1cccc(-n2nc(C)c(NCCCN)c2C)c1. The Bertz CT molecular complexity index is 577. The maximum absolute atomic E-state index is 5.52. The number of nitrogens with zero attached hydrogens (tertiary/aromatic N) is 2. The number of benzene rings is 1. The fourth-order valence-corrected chi connectivity index (χ4v) is 2.21. The Morgan fingerprint density at radius 2 is 2.15 bits per heavy atom. The second-order valence-corrected chi connectivity index (χ2v) is 4.73. The van der Waals surface area contributed by atoms with Crippen LogP contribution in [0, 0.1) is 13.8 Å². The van der Waals surface area contributed by atoms with Crippen molar-refractivity contribution in [1.29, 1.82) is 0 Å². The van der Waals surface area contributed by atoms with Crippen LogP contribution in [0.4, 0.5) is 5.69 Å². The molecule has 0 saturated carbocycles. The molecule has 5 nitrogen and oxygen atoms in total. The zero-order valence-electron chi connectivity index (χ0n) is 12.3. The predicted octanol–water partition coefficient (Wildman–Crippen LogP) is 2.26. The summed E-state index contributed by atoms with van der Waals surface area (Å²) in [6.45, 7) is 5.62. The Hall–Kier alpha value is -2.01. The van der Waals surface area contributed by atoms with Gasteiger partial charge < -0.3 is 15.8 Å². The maximum atomic E-state index is 5.52. The van der Waals surface area contributed by atoms with Crippen molar-refractivity contribution < 1.29 is 4.74 Å². The Balaban J connectivity index is 2.30. The lowest BCUT2D eigenvalue weighted by Crippen LogP contribution is -2.09. The number of ether oxygens (including phenoxy) is 1. The average molecular weight is 274 g/mol. The van der Waals surface area contributed by atoms with Crippen LogP contribution in [0.1, 0.15) is 17.8 Å². The van der Waals surface area contributed by atoms with Gasteiger partial charge >= 0.3 is 0 Å². The van der Waals surface area contributed by atoms with E-state index in [0.717, 1.165) is 41.5 Å². The highest BCUT2D eigenvalue weighted by Gasteiger charge is 2.12. The number of methoxy groups -OCH3 is 1. The van der Waals surface area contributed by atoms with Crippen molar-refractivity contribution in [3.05, 3.63) is 35.7 Å². The maximum Gasteiger partial charge on any atom is 0.121 e. The number of hydrogen-bond acceptors (Lipinski definition) is 4. The van der Waals surface area contributed by atoms with Gasteiger partial charge in [0.1, 0.15) is 5.75 Å². The molecule has 0 bridgehead atoms. The fourth-order valence-electron chi connectivity index (χ4n) is 2.21. The summed E-state index contributed by atoms with van der Waals surface area (Å²) in [6.07, 6.45) is 0.948. The monoisotopic (exact) mass is 274 g/mol. The molecular weight excluding hydrogens is 252 g/mol. The Kier molecular flexibility index (Phi) is 4.63. The van der Waals surface area contributed by atoms with Crippen molar-refractivity contribution in [2.75, 3.05) is 25.5 Å². The van der Waals surface area contributed by atoms with E-state index in [0.29, 0.717) is 6.54 Å². The summed E-state index contributed by atoms with van der Waals surface area (Å²) in [4.78, 5) is 0. The zero-order chi connectivity index (χ0) is 14.5. The quantitative estimate of drug-likeness (QED) is 0.793. The molecule has 2 rings (SSSR count). The lowest BCUT2D eigenvalue weighted by Gasteiger charge is -2.08. The van der Waals surface area contributed by atoms with Crippen molar-refractivity contribution in [2.24, 2.45) is 5.73 Å². The number of rotatable bonds is 6. The molecule has 0 fully saturated rings. The molecule has 0 aliphatic heterocycles.